The van der Waals surface area contributed by atoms with E-state index in [9.17, 15) is 9.59 Å². The number of nitrogens with zero attached hydrogens (tertiary/aromatic N) is 1. The number of methoxy groups -OCH3 is 2. The number of rotatable bonds is 11. The lowest BCUT2D eigenvalue weighted by Gasteiger charge is -2.25. The van der Waals surface area contributed by atoms with Crippen LogP contribution in [-0.4, -0.2) is 38.2 Å². The van der Waals surface area contributed by atoms with Crippen LogP contribution in [0.25, 0.3) is 11.0 Å². The van der Waals surface area contributed by atoms with E-state index >= 15 is 0 Å². The molecule has 0 bridgehead atoms. The first-order valence-electron chi connectivity index (χ1n) is 14.2. The molecular weight excluding hydrogens is 518 g/mol. The minimum Gasteiger partial charge on any atom is -0.494 e. The minimum atomic E-state index is -0.576. The molecule has 5 rings (SSSR count). The van der Waals surface area contributed by atoms with Crippen LogP contribution < -0.4 is 19.6 Å². The van der Waals surface area contributed by atoms with Crippen LogP contribution in [0, 0.1) is 13.8 Å². The smallest absolute Gasteiger partial charge is 0.290 e. The van der Waals surface area contributed by atoms with Gasteiger partial charge in [-0.2, -0.15) is 0 Å². The van der Waals surface area contributed by atoms with E-state index in [4.69, 9.17) is 18.6 Å². The Labute approximate surface area is 240 Å². The summed E-state index contributed by atoms with van der Waals surface area (Å²) in [5, 5.41) is 0.497. The number of hydrogen-bond donors (Lipinski definition) is 0. The molecule has 1 aliphatic heterocycles. The summed E-state index contributed by atoms with van der Waals surface area (Å²) in [5.74, 6) is 1.86. The van der Waals surface area contributed by atoms with Gasteiger partial charge in [0.15, 0.2) is 16.9 Å². The summed E-state index contributed by atoms with van der Waals surface area (Å²) in [5.41, 5.74) is 4.30. The van der Waals surface area contributed by atoms with Crippen molar-refractivity contribution in [2.24, 2.45) is 0 Å². The molecule has 1 amide bonds. The van der Waals surface area contributed by atoms with E-state index in [-0.39, 0.29) is 17.1 Å². The topological polar surface area (TPSA) is 78.2 Å². The van der Waals surface area contributed by atoms with Crippen LogP contribution in [0.1, 0.15) is 70.6 Å². The summed E-state index contributed by atoms with van der Waals surface area (Å²) >= 11 is 0. The second-order valence-electron chi connectivity index (χ2n) is 10.6. The van der Waals surface area contributed by atoms with Crippen molar-refractivity contribution in [1.29, 1.82) is 0 Å². The van der Waals surface area contributed by atoms with E-state index in [1.54, 1.807) is 19.1 Å². The molecule has 1 aromatic heterocycles. The molecule has 3 aromatic carbocycles. The Bertz CT molecular complexity index is 1620. The van der Waals surface area contributed by atoms with E-state index in [0.717, 1.165) is 47.3 Å². The molecular formula is C34H37NO6. The highest BCUT2D eigenvalue weighted by Gasteiger charge is 2.42. The third-order valence-corrected chi connectivity index (χ3v) is 7.70. The second-order valence-corrected chi connectivity index (χ2v) is 10.6. The molecule has 0 fully saturated rings. The lowest BCUT2D eigenvalue weighted by atomic mass is 9.97. The molecule has 0 saturated carbocycles. The third kappa shape index (κ3) is 5.53. The van der Waals surface area contributed by atoms with Gasteiger partial charge in [0.2, 0.25) is 5.76 Å². The molecule has 41 heavy (non-hydrogen) atoms. The number of hydrogen-bond acceptors (Lipinski definition) is 6. The first-order valence-corrected chi connectivity index (χ1v) is 14.2. The quantitative estimate of drug-likeness (QED) is 0.190. The van der Waals surface area contributed by atoms with Gasteiger partial charge in [0.25, 0.3) is 5.91 Å². The summed E-state index contributed by atoms with van der Waals surface area (Å²) < 4.78 is 23.0. The zero-order chi connectivity index (χ0) is 29.1. The van der Waals surface area contributed by atoms with Crippen LogP contribution in [0.5, 0.6) is 17.2 Å². The van der Waals surface area contributed by atoms with Crippen molar-refractivity contribution in [3.05, 3.63) is 98.4 Å². The summed E-state index contributed by atoms with van der Waals surface area (Å²) in [7, 11) is 3.20. The monoisotopic (exact) mass is 555 g/mol. The van der Waals surface area contributed by atoms with E-state index in [0.29, 0.717) is 47.6 Å². The Morgan fingerprint density at radius 3 is 2.37 bits per heavy atom. The Balaban J connectivity index is 1.53. The fraction of sp³-hybridized carbons (Fsp3) is 0.353. The zero-order valence-electron chi connectivity index (χ0n) is 24.4. The molecule has 0 aliphatic carbocycles. The van der Waals surface area contributed by atoms with Crippen LogP contribution in [0.4, 0.5) is 0 Å². The summed E-state index contributed by atoms with van der Waals surface area (Å²) in [6, 6.07) is 16.7. The van der Waals surface area contributed by atoms with Gasteiger partial charge in [-0.25, -0.2) is 0 Å². The molecule has 214 valence electrons. The van der Waals surface area contributed by atoms with E-state index in [1.165, 1.54) is 0 Å². The highest BCUT2D eigenvalue weighted by molar-refractivity contribution is 5.99. The van der Waals surface area contributed by atoms with E-state index in [2.05, 4.69) is 6.92 Å². The lowest BCUT2D eigenvalue weighted by Crippen LogP contribution is -2.31. The third-order valence-electron chi connectivity index (χ3n) is 7.70. The van der Waals surface area contributed by atoms with Gasteiger partial charge in [-0.15, -0.1) is 0 Å². The lowest BCUT2D eigenvalue weighted by molar-refractivity contribution is 0.0730. The fourth-order valence-corrected chi connectivity index (χ4v) is 5.63. The molecule has 0 spiro atoms. The van der Waals surface area contributed by atoms with Crippen molar-refractivity contribution in [2.75, 3.05) is 27.4 Å². The van der Waals surface area contributed by atoms with Crippen LogP contribution >= 0.6 is 0 Å². The first kappa shape index (κ1) is 28.3. The highest BCUT2D eigenvalue weighted by Crippen LogP contribution is 2.39. The number of unbranched alkanes of at least 4 members (excludes halogenated alkanes) is 2. The Kier molecular flexibility index (Phi) is 8.34. The SMILES string of the molecule is CCCCCOc1ccc(C2c3c(oc4c(C)cc(C)cc4c3=O)C(=O)N2CCc2ccc(OC)c(OC)c2)cc1. The number of amides is 1. The van der Waals surface area contributed by atoms with Crippen molar-refractivity contribution in [3.63, 3.8) is 0 Å². The number of carbonyl (C=O) groups excluding carboxylic acids is 1. The zero-order valence-corrected chi connectivity index (χ0v) is 24.4. The van der Waals surface area contributed by atoms with Crippen molar-refractivity contribution in [3.8, 4) is 17.2 Å². The van der Waals surface area contributed by atoms with Gasteiger partial charge in [0.1, 0.15) is 11.3 Å². The number of benzene rings is 3. The van der Waals surface area contributed by atoms with Crippen LogP contribution in [0.3, 0.4) is 0 Å². The van der Waals surface area contributed by atoms with Crippen LogP contribution in [0.15, 0.2) is 63.8 Å². The van der Waals surface area contributed by atoms with Crippen molar-refractivity contribution < 1.29 is 23.4 Å². The predicted molar refractivity (Wildman–Crippen MR) is 160 cm³/mol. The molecule has 0 radical (unpaired) electrons. The van der Waals surface area contributed by atoms with Crippen molar-refractivity contribution >= 4 is 16.9 Å². The van der Waals surface area contributed by atoms with Crippen LogP contribution in [0.2, 0.25) is 0 Å². The maximum atomic E-state index is 14.0. The number of aryl methyl sites for hydroxylation is 2. The molecule has 0 saturated heterocycles. The molecule has 1 unspecified atom stereocenters. The van der Waals surface area contributed by atoms with Gasteiger partial charge in [-0.3, -0.25) is 9.59 Å². The average molecular weight is 556 g/mol. The van der Waals surface area contributed by atoms with E-state index < -0.39 is 6.04 Å². The van der Waals surface area contributed by atoms with Gasteiger partial charge in [-0.1, -0.05) is 44.0 Å². The maximum Gasteiger partial charge on any atom is 0.290 e. The largest absolute Gasteiger partial charge is 0.494 e. The highest BCUT2D eigenvalue weighted by atomic mass is 16.5. The normalized spacial score (nSPS) is 14.4. The van der Waals surface area contributed by atoms with Gasteiger partial charge < -0.3 is 23.5 Å². The molecule has 7 nitrogen and oxygen atoms in total. The molecule has 4 aromatic rings. The van der Waals surface area contributed by atoms with Gasteiger partial charge in [0, 0.05) is 6.54 Å². The summed E-state index contributed by atoms with van der Waals surface area (Å²) in [6.07, 6.45) is 3.81. The van der Waals surface area contributed by atoms with Crippen LogP contribution in [-0.2, 0) is 6.42 Å². The molecule has 1 atom stereocenters. The Morgan fingerprint density at radius 2 is 1.66 bits per heavy atom. The Hall–Kier alpha value is -4.26. The summed E-state index contributed by atoms with van der Waals surface area (Å²) in [4.78, 5) is 29.6. The Morgan fingerprint density at radius 1 is 0.902 bits per heavy atom. The fourth-order valence-electron chi connectivity index (χ4n) is 5.63. The molecule has 2 heterocycles. The van der Waals surface area contributed by atoms with Crippen molar-refractivity contribution in [1.82, 2.24) is 4.90 Å². The molecule has 0 N–H and O–H groups in total. The predicted octanol–water partition coefficient (Wildman–Crippen LogP) is 6.78. The standard InChI is InChI=1S/C34H37NO6/c1-6-7-8-17-40-25-12-10-24(11-13-25)30-29-31(36)26-19-21(2)18-22(3)32(26)41-33(29)34(37)35(30)16-15-23-9-14-27(38-4)28(20-23)39-5/h9-14,18-20,30H,6-8,15-17H2,1-5H3. The summed E-state index contributed by atoms with van der Waals surface area (Å²) in [6.45, 7) is 7.05. The number of ether oxygens (including phenoxy) is 3. The second kappa shape index (κ2) is 12.1. The average Bonchev–Trinajstić information content (AvgIpc) is 3.26. The molecule has 7 heteroatoms. The first-order chi connectivity index (χ1) is 19.9. The van der Waals surface area contributed by atoms with Gasteiger partial charge in [-0.05, 0) is 79.3 Å². The maximum absolute atomic E-state index is 14.0. The number of carbonyl (C=O) groups is 1. The molecule has 1 aliphatic rings. The minimum absolute atomic E-state index is 0.117. The number of fused-ring (bicyclic) bond motifs is 2. The van der Waals surface area contributed by atoms with E-state index in [1.807, 2.05) is 68.4 Å². The van der Waals surface area contributed by atoms with Crippen molar-refractivity contribution in [2.45, 2.75) is 52.5 Å². The van der Waals surface area contributed by atoms with Gasteiger partial charge in [0.05, 0.1) is 37.8 Å². The van der Waals surface area contributed by atoms with Gasteiger partial charge >= 0.3 is 0 Å².